The Morgan fingerprint density at radius 3 is 2.22 bits per heavy atom. The lowest BCUT2D eigenvalue weighted by Crippen LogP contribution is -2.49. The van der Waals surface area contributed by atoms with Gasteiger partial charge in [-0.2, -0.15) is 5.10 Å². The van der Waals surface area contributed by atoms with E-state index < -0.39 is 0 Å². The first-order valence-electron chi connectivity index (χ1n) is 9.37. The van der Waals surface area contributed by atoms with Gasteiger partial charge in [-0.3, -0.25) is 0 Å². The predicted molar refractivity (Wildman–Crippen MR) is 104 cm³/mol. The molecular weight excluding hydrogens is 346 g/mol. The molecule has 1 amide bonds. The fourth-order valence-corrected chi connectivity index (χ4v) is 3.29. The SMILES string of the molecule is CCOC(=O)N1CCN(c2ccc(-n3c(C)nn(C(C)C)c3=O)cc2)CC1. The zero-order valence-electron chi connectivity index (χ0n) is 16.4. The number of carbonyl (C=O) groups is 1. The summed E-state index contributed by atoms with van der Waals surface area (Å²) >= 11 is 0. The molecule has 8 heteroatoms. The topological polar surface area (TPSA) is 72.6 Å². The van der Waals surface area contributed by atoms with Crippen molar-refractivity contribution in [3.8, 4) is 5.69 Å². The summed E-state index contributed by atoms with van der Waals surface area (Å²) in [4.78, 5) is 28.3. The number of nitrogens with zero attached hydrogens (tertiary/aromatic N) is 5. The lowest BCUT2D eigenvalue weighted by Gasteiger charge is -2.35. The second-order valence-electron chi connectivity index (χ2n) is 6.89. The molecule has 0 unspecified atom stereocenters. The minimum absolute atomic E-state index is 0.0208. The summed E-state index contributed by atoms with van der Waals surface area (Å²) in [6, 6.07) is 7.91. The standard InChI is InChI=1S/C19H27N5O3/c1-5-27-19(26)22-12-10-21(11-13-22)16-6-8-17(9-7-16)23-15(4)20-24(14(2)3)18(23)25/h6-9,14H,5,10-13H2,1-4H3. The molecule has 0 radical (unpaired) electrons. The molecule has 1 saturated heterocycles. The molecule has 0 N–H and O–H groups in total. The van der Waals surface area contributed by atoms with Crippen molar-refractivity contribution in [2.24, 2.45) is 0 Å². The fourth-order valence-electron chi connectivity index (χ4n) is 3.29. The third kappa shape index (κ3) is 3.84. The fraction of sp³-hybridized carbons (Fsp3) is 0.526. The van der Waals surface area contributed by atoms with E-state index in [-0.39, 0.29) is 17.8 Å². The maximum absolute atomic E-state index is 12.6. The van der Waals surface area contributed by atoms with Crippen LogP contribution in [0.5, 0.6) is 0 Å². The highest BCUT2D eigenvalue weighted by atomic mass is 16.6. The zero-order chi connectivity index (χ0) is 19.6. The van der Waals surface area contributed by atoms with Gasteiger partial charge in [0.2, 0.25) is 0 Å². The molecule has 146 valence electrons. The molecule has 1 fully saturated rings. The summed E-state index contributed by atoms with van der Waals surface area (Å²) in [5.41, 5.74) is 1.75. The second kappa shape index (κ2) is 7.85. The van der Waals surface area contributed by atoms with E-state index in [4.69, 9.17) is 4.74 Å². The van der Waals surface area contributed by atoms with E-state index in [9.17, 15) is 9.59 Å². The van der Waals surface area contributed by atoms with Gasteiger partial charge in [-0.15, -0.1) is 0 Å². The lowest BCUT2D eigenvalue weighted by atomic mass is 10.2. The monoisotopic (exact) mass is 373 g/mol. The molecule has 1 aromatic carbocycles. The van der Waals surface area contributed by atoms with Gasteiger partial charge in [-0.25, -0.2) is 18.8 Å². The number of aromatic nitrogens is 3. The molecule has 0 saturated carbocycles. The Labute approximate surface area is 158 Å². The van der Waals surface area contributed by atoms with E-state index in [0.717, 1.165) is 24.5 Å². The Morgan fingerprint density at radius 2 is 1.70 bits per heavy atom. The predicted octanol–water partition coefficient (Wildman–Crippen LogP) is 2.20. The summed E-state index contributed by atoms with van der Waals surface area (Å²) in [6.45, 7) is 10.7. The molecular formula is C19H27N5O3. The van der Waals surface area contributed by atoms with Crippen LogP contribution in [0.4, 0.5) is 10.5 Å². The van der Waals surface area contributed by atoms with E-state index in [1.54, 1.807) is 9.47 Å². The summed E-state index contributed by atoms with van der Waals surface area (Å²) in [6.07, 6.45) is -0.246. The van der Waals surface area contributed by atoms with E-state index in [1.807, 2.05) is 52.0 Å². The van der Waals surface area contributed by atoms with Crippen LogP contribution in [0.2, 0.25) is 0 Å². The van der Waals surface area contributed by atoms with Crippen molar-refractivity contribution in [2.75, 3.05) is 37.7 Å². The van der Waals surface area contributed by atoms with Crippen molar-refractivity contribution in [3.63, 3.8) is 0 Å². The number of amides is 1. The van der Waals surface area contributed by atoms with Crippen molar-refractivity contribution in [1.29, 1.82) is 0 Å². The lowest BCUT2D eigenvalue weighted by molar-refractivity contribution is 0.105. The van der Waals surface area contributed by atoms with Gasteiger partial charge in [0, 0.05) is 31.9 Å². The van der Waals surface area contributed by atoms with Crippen LogP contribution in [0.3, 0.4) is 0 Å². The highest BCUT2D eigenvalue weighted by Gasteiger charge is 2.22. The van der Waals surface area contributed by atoms with Gasteiger partial charge in [-0.05, 0) is 52.0 Å². The Hall–Kier alpha value is -2.77. The minimum atomic E-state index is -0.246. The normalized spacial score (nSPS) is 14.7. The van der Waals surface area contributed by atoms with Gasteiger partial charge >= 0.3 is 11.8 Å². The van der Waals surface area contributed by atoms with Crippen LogP contribution < -0.4 is 10.6 Å². The maximum atomic E-state index is 12.6. The summed E-state index contributed by atoms with van der Waals surface area (Å²) in [5.74, 6) is 0.671. The smallest absolute Gasteiger partial charge is 0.409 e. The number of anilines is 1. The van der Waals surface area contributed by atoms with Crippen LogP contribution in [-0.4, -0.2) is 58.1 Å². The van der Waals surface area contributed by atoms with Gasteiger partial charge in [-0.1, -0.05) is 0 Å². The zero-order valence-corrected chi connectivity index (χ0v) is 16.4. The Morgan fingerprint density at radius 1 is 1.11 bits per heavy atom. The number of carbonyl (C=O) groups excluding carboxylic acids is 1. The van der Waals surface area contributed by atoms with Crippen molar-refractivity contribution >= 4 is 11.8 Å². The van der Waals surface area contributed by atoms with Crippen LogP contribution >= 0.6 is 0 Å². The number of hydrogen-bond acceptors (Lipinski definition) is 5. The van der Waals surface area contributed by atoms with E-state index in [1.165, 1.54) is 4.68 Å². The number of ether oxygens (including phenoxy) is 1. The van der Waals surface area contributed by atoms with Crippen molar-refractivity contribution in [3.05, 3.63) is 40.6 Å². The first-order valence-corrected chi connectivity index (χ1v) is 9.37. The van der Waals surface area contributed by atoms with Crippen LogP contribution in [0, 0.1) is 6.92 Å². The molecule has 8 nitrogen and oxygen atoms in total. The van der Waals surface area contributed by atoms with Gasteiger partial charge in [0.15, 0.2) is 0 Å². The number of benzene rings is 1. The molecule has 0 bridgehead atoms. The molecule has 27 heavy (non-hydrogen) atoms. The van der Waals surface area contributed by atoms with E-state index in [2.05, 4.69) is 10.00 Å². The second-order valence-corrected chi connectivity index (χ2v) is 6.89. The minimum Gasteiger partial charge on any atom is -0.450 e. The largest absolute Gasteiger partial charge is 0.450 e. The molecule has 0 atom stereocenters. The highest BCUT2D eigenvalue weighted by Crippen LogP contribution is 2.19. The van der Waals surface area contributed by atoms with Crippen LogP contribution in [0.1, 0.15) is 32.6 Å². The third-order valence-electron chi connectivity index (χ3n) is 4.73. The average Bonchev–Trinajstić information content (AvgIpc) is 2.97. The Balaban J connectivity index is 1.72. The summed E-state index contributed by atoms with van der Waals surface area (Å²) in [5, 5.41) is 4.35. The van der Waals surface area contributed by atoms with E-state index >= 15 is 0 Å². The van der Waals surface area contributed by atoms with Gasteiger partial charge in [0.25, 0.3) is 0 Å². The highest BCUT2D eigenvalue weighted by molar-refractivity contribution is 5.68. The average molecular weight is 373 g/mol. The number of piperazine rings is 1. The molecule has 0 spiro atoms. The number of rotatable bonds is 4. The quantitative estimate of drug-likeness (QED) is 0.822. The van der Waals surface area contributed by atoms with E-state index in [0.29, 0.717) is 25.5 Å². The number of aryl methyl sites for hydroxylation is 1. The molecule has 2 aromatic rings. The first-order chi connectivity index (χ1) is 12.9. The summed E-state index contributed by atoms with van der Waals surface area (Å²) in [7, 11) is 0. The number of hydrogen-bond donors (Lipinski definition) is 0. The van der Waals surface area contributed by atoms with Crippen LogP contribution in [0.25, 0.3) is 5.69 Å². The Kier molecular flexibility index (Phi) is 5.53. The van der Waals surface area contributed by atoms with Crippen molar-refractivity contribution < 1.29 is 9.53 Å². The van der Waals surface area contributed by atoms with Gasteiger partial charge in [0.05, 0.1) is 18.3 Å². The molecule has 1 aromatic heterocycles. The first kappa shape index (κ1) is 19.0. The molecule has 3 rings (SSSR count). The van der Waals surface area contributed by atoms with Gasteiger partial charge < -0.3 is 14.5 Å². The third-order valence-corrected chi connectivity index (χ3v) is 4.73. The molecule has 1 aliphatic heterocycles. The maximum Gasteiger partial charge on any atom is 0.409 e. The van der Waals surface area contributed by atoms with Gasteiger partial charge in [0.1, 0.15) is 5.82 Å². The summed E-state index contributed by atoms with van der Waals surface area (Å²) < 4.78 is 8.18. The molecule has 0 aliphatic carbocycles. The van der Waals surface area contributed by atoms with Crippen molar-refractivity contribution in [1.82, 2.24) is 19.2 Å². The Bertz CT molecular complexity index is 845. The van der Waals surface area contributed by atoms with Crippen LogP contribution in [-0.2, 0) is 4.74 Å². The molecule has 1 aliphatic rings. The van der Waals surface area contributed by atoms with Crippen molar-refractivity contribution in [2.45, 2.75) is 33.7 Å². The van der Waals surface area contributed by atoms with Crippen LogP contribution in [0.15, 0.2) is 29.1 Å². The molecule has 2 heterocycles.